The number of benzene rings is 1. The molecule has 0 bridgehead atoms. The summed E-state index contributed by atoms with van der Waals surface area (Å²) in [4.78, 5) is 16.9. The number of furan rings is 1. The van der Waals surface area contributed by atoms with Gasteiger partial charge in [0, 0.05) is 6.08 Å². The maximum absolute atomic E-state index is 13.8. The fraction of sp³-hybridized carbons (Fsp3) is 0. The molecule has 24 heavy (non-hydrogen) atoms. The van der Waals surface area contributed by atoms with Crippen molar-refractivity contribution in [3.8, 4) is 11.3 Å². The van der Waals surface area contributed by atoms with Gasteiger partial charge < -0.3 is 9.15 Å². The molecular formula is C18H10FNO3S. The summed E-state index contributed by atoms with van der Waals surface area (Å²) in [7, 11) is 0. The van der Waals surface area contributed by atoms with Crippen LogP contribution in [0.15, 0.2) is 69.0 Å². The topological polar surface area (TPSA) is 51.8 Å². The van der Waals surface area contributed by atoms with Gasteiger partial charge in [0.15, 0.2) is 5.70 Å². The minimum Gasteiger partial charge on any atom is -0.457 e. The van der Waals surface area contributed by atoms with Gasteiger partial charge in [-0.05, 0) is 35.7 Å². The van der Waals surface area contributed by atoms with Crippen LogP contribution in [0.3, 0.4) is 0 Å². The number of hydrogen-bond acceptors (Lipinski definition) is 5. The van der Waals surface area contributed by atoms with E-state index in [9.17, 15) is 9.18 Å². The molecule has 118 valence electrons. The average Bonchev–Trinajstić information content (AvgIpc) is 3.30. The summed E-state index contributed by atoms with van der Waals surface area (Å²) < 4.78 is 24.5. The van der Waals surface area contributed by atoms with Crippen molar-refractivity contribution in [2.24, 2.45) is 4.99 Å². The Kier molecular flexibility index (Phi) is 3.59. The summed E-state index contributed by atoms with van der Waals surface area (Å²) in [5.74, 6) is 0.152. The summed E-state index contributed by atoms with van der Waals surface area (Å²) in [6.07, 6.45) is 1.48. The lowest BCUT2D eigenvalue weighted by molar-refractivity contribution is -0.129. The Balaban J connectivity index is 1.65. The first kappa shape index (κ1) is 14.6. The lowest BCUT2D eigenvalue weighted by Crippen LogP contribution is -2.03. The number of thiophene rings is 1. The number of hydrogen-bond donors (Lipinski definition) is 0. The van der Waals surface area contributed by atoms with Gasteiger partial charge in [-0.25, -0.2) is 14.2 Å². The molecule has 4 rings (SSSR count). The van der Waals surface area contributed by atoms with Crippen molar-refractivity contribution < 1.29 is 18.3 Å². The first-order chi connectivity index (χ1) is 11.7. The van der Waals surface area contributed by atoms with Gasteiger partial charge in [-0.3, -0.25) is 0 Å². The number of cyclic esters (lactones) is 1. The smallest absolute Gasteiger partial charge is 0.363 e. The van der Waals surface area contributed by atoms with Crippen LogP contribution in [0.25, 0.3) is 17.4 Å². The quantitative estimate of drug-likeness (QED) is 0.522. The second-order valence-corrected chi connectivity index (χ2v) is 5.94. The normalized spacial score (nSPS) is 15.6. The van der Waals surface area contributed by atoms with E-state index < -0.39 is 5.97 Å². The molecule has 0 aliphatic carbocycles. The maximum Gasteiger partial charge on any atom is 0.363 e. The van der Waals surface area contributed by atoms with E-state index in [0.717, 1.165) is 4.88 Å². The third-order valence-electron chi connectivity index (χ3n) is 3.40. The highest BCUT2D eigenvalue weighted by molar-refractivity contribution is 7.12. The fourth-order valence-corrected chi connectivity index (χ4v) is 2.93. The van der Waals surface area contributed by atoms with Crippen molar-refractivity contribution in [1.29, 1.82) is 0 Å². The van der Waals surface area contributed by atoms with Crippen LogP contribution in [0.1, 0.15) is 10.6 Å². The van der Waals surface area contributed by atoms with Crippen molar-refractivity contribution in [2.45, 2.75) is 0 Å². The van der Waals surface area contributed by atoms with Gasteiger partial charge in [0.2, 0.25) is 5.90 Å². The monoisotopic (exact) mass is 339 g/mol. The molecule has 0 amide bonds. The van der Waals surface area contributed by atoms with Crippen LogP contribution in [-0.2, 0) is 9.53 Å². The largest absolute Gasteiger partial charge is 0.457 e. The van der Waals surface area contributed by atoms with Crippen molar-refractivity contribution in [1.82, 2.24) is 0 Å². The predicted molar refractivity (Wildman–Crippen MR) is 89.0 cm³/mol. The summed E-state index contributed by atoms with van der Waals surface area (Å²) in [6, 6.07) is 13.3. The zero-order valence-corrected chi connectivity index (χ0v) is 13.0. The second kappa shape index (κ2) is 5.90. The van der Waals surface area contributed by atoms with E-state index in [-0.39, 0.29) is 17.4 Å². The molecule has 0 N–H and O–H groups in total. The minimum atomic E-state index is -0.540. The van der Waals surface area contributed by atoms with Crippen molar-refractivity contribution >= 4 is 29.3 Å². The van der Waals surface area contributed by atoms with Gasteiger partial charge in [-0.2, -0.15) is 0 Å². The Labute approximate surface area is 140 Å². The number of aliphatic imine (C=N–C) groups is 1. The molecule has 1 aliphatic rings. The van der Waals surface area contributed by atoms with Crippen LogP contribution in [-0.4, -0.2) is 11.9 Å². The SMILES string of the molecule is O=C1OC(c2cccs2)=N/C1=C\c1ccc(-c2ccccc2F)o1. The minimum absolute atomic E-state index is 0.146. The zero-order chi connectivity index (χ0) is 16.5. The lowest BCUT2D eigenvalue weighted by atomic mass is 10.1. The number of ether oxygens (including phenoxy) is 1. The molecule has 3 aromatic rings. The van der Waals surface area contributed by atoms with E-state index in [0.29, 0.717) is 17.1 Å². The van der Waals surface area contributed by atoms with Crippen LogP contribution in [0.4, 0.5) is 4.39 Å². The van der Waals surface area contributed by atoms with Crippen LogP contribution < -0.4 is 0 Å². The molecule has 2 aromatic heterocycles. The van der Waals surface area contributed by atoms with Crippen LogP contribution in [0.2, 0.25) is 0 Å². The highest BCUT2D eigenvalue weighted by Gasteiger charge is 2.25. The number of carbonyl (C=O) groups is 1. The van der Waals surface area contributed by atoms with Gasteiger partial charge in [0.25, 0.3) is 0 Å². The van der Waals surface area contributed by atoms with Crippen molar-refractivity contribution in [2.75, 3.05) is 0 Å². The summed E-state index contributed by atoms with van der Waals surface area (Å²) in [5.41, 5.74) is 0.506. The van der Waals surface area contributed by atoms with Crippen LogP contribution >= 0.6 is 11.3 Å². The highest BCUT2D eigenvalue weighted by atomic mass is 32.1. The van der Waals surface area contributed by atoms with E-state index in [2.05, 4.69) is 4.99 Å². The number of esters is 1. The maximum atomic E-state index is 13.8. The Hall–Kier alpha value is -2.99. The molecule has 6 heteroatoms. The molecule has 0 fully saturated rings. The van der Waals surface area contributed by atoms with Gasteiger partial charge in [-0.15, -0.1) is 11.3 Å². The van der Waals surface area contributed by atoms with Gasteiger partial charge in [-0.1, -0.05) is 18.2 Å². The molecular weight excluding hydrogens is 329 g/mol. The Bertz CT molecular complexity index is 970. The Morgan fingerprint density at radius 3 is 2.75 bits per heavy atom. The Morgan fingerprint density at radius 2 is 1.96 bits per heavy atom. The van der Waals surface area contributed by atoms with Gasteiger partial charge >= 0.3 is 5.97 Å². The Morgan fingerprint density at radius 1 is 1.08 bits per heavy atom. The fourth-order valence-electron chi connectivity index (χ4n) is 2.29. The predicted octanol–water partition coefficient (Wildman–Crippen LogP) is 4.49. The van der Waals surface area contributed by atoms with E-state index in [1.54, 1.807) is 30.3 Å². The van der Waals surface area contributed by atoms with Crippen molar-refractivity contribution in [3.05, 3.63) is 76.1 Å². The summed E-state index contributed by atoms with van der Waals surface area (Å²) in [6.45, 7) is 0. The molecule has 0 unspecified atom stereocenters. The summed E-state index contributed by atoms with van der Waals surface area (Å²) >= 11 is 1.43. The average molecular weight is 339 g/mol. The van der Waals surface area contributed by atoms with Crippen LogP contribution in [0, 0.1) is 5.82 Å². The molecule has 1 aromatic carbocycles. The van der Waals surface area contributed by atoms with E-state index in [4.69, 9.17) is 9.15 Å². The standard InChI is InChI=1S/C18H10FNO3S/c19-13-5-2-1-4-12(13)15-8-7-11(22-15)10-14-18(21)23-17(20-14)16-6-3-9-24-16/h1-10H/b14-10-. The molecule has 0 radical (unpaired) electrons. The highest BCUT2D eigenvalue weighted by Crippen LogP contribution is 2.27. The number of halogens is 1. The van der Waals surface area contributed by atoms with Crippen LogP contribution in [0.5, 0.6) is 0 Å². The molecule has 0 atom stereocenters. The third kappa shape index (κ3) is 2.68. The molecule has 3 heterocycles. The second-order valence-electron chi connectivity index (χ2n) is 5.00. The first-order valence-electron chi connectivity index (χ1n) is 7.12. The molecule has 0 saturated carbocycles. The van der Waals surface area contributed by atoms with Gasteiger partial charge in [0.05, 0.1) is 10.4 Å². The lowest BCUT2D eigenvalue weighted by Gasteiger charge is -1.97. The number of nitrogens with zero attached hydrogens (tertiary/aromatic N) is 1. The van der Waals surface area contributed by atoms with E-state index in [1.165, 1.54) is 23.5 Å². The van der Waals surface area contributed by atoms with E-state index in [1.807, 2.05) is 17.5 Å². The third-order valence-corrected chi connectivity index (χ3v) is 4.26. The van der Waals surface area contributed by atoms with Gasteiger partial charge in [0.1, 0.15) is 17.3 Å². The van der Waals surface area contributed by atoms with E-state index >= 15 is 0 Å². The molecule has 0 saturated heterocycles. The molecule has 1 aliphatic heterocycles. The van der Waals surface area contributed by atoms with Crippen molar-refractivity contribution in [3.63, 3.8) is 0 Å². The zero-order valence-electron chi connectivity index (χ0n) is 12.2. The molecule has 4 nitrogen and oxygen atoms in total. The molecule has 0 spiro atoms. The summed E-state index contributed by atoms with van der Waals surface area (Å²) in [5, 5.41) is 1.88. The number of rotatable bonds is 3. The number of carbonyl (C=O) groups excluding carboxylic acids is 1. The first-order valence-corrected chi connectivity index (χ1v) is 8.00.